The normalized spacial score (nSPS) is 23.4. The molecule has 1 aliphatic rings. The zero-order chi connectivity index (χ0) is 13.2. The summed E-state index contributed by atoms with van der Waals surface area (Å²) in [7, 11) is -6.00. The first-order valence-electron chi connectivity index (χ1n) is 5.21. The van der Waals surface area contributed by atoms with Gasteiger partial charge in [-0.15, -0.1) is 0 Å². The Kier molecular flexibility index (Phi) is 4.53. The van der Waals surface area contributed by atoms with Gasteiger partial charge in [-0.1, -0.05) is 0 Å². The molecule has 1 rings (SSSR count). The van der Waals surface area contributed by atoms with Crippen molar-refractivity contribution in [3.8, 4) is 0 Å². The fraction of sp³-hybridized carbons (Fsp3) is 1.00. The quantitative estimate of drug-likeness (QED) is 0.360. The van der Waals surface area contributed by atoms with Crippen LogP contribution in [0.5, 0.6) is 0 Å². The Morgan fingerprint density at radius 3 is 1.38 bits per heavy atom. The number of nitrogens with zero attached hydrogens (tertiary/aromatic N) is 1. The van der Waals surface area contributed by atoms with Crippen LogP contribution in [-0.2, 0) is 0 Å². The van der Waals surface area contributed by atoms with Crippen molar-refractivity contribution in [2.24, 2.45) is 0 Å². The molecular weight excluding hydrogens is 225 g/mol. The Morgan fingerprint density at radius 2 is 1.19 bits per heavy atom. The lowest BCUT2D eigenvalue weighted by Gasteiger charge is -2.31. The van der Waals surface area contributed by atoms with Gasteiger partial charge in [0.2, 0.25) is 11.1 Å². The molecule has 0 unspecified atom stereocenters. The average Bonchev–Trinajstić information content (AvgIpc) is 1.96. The van der Waals surface area contributed by atoms with Crippen LogP contribution in [0.1, 0.15) is 47.0 Å². The monoisotopic (exact) mass is 243 g/mol. The number of halogens is 4. The molecule has 0 aromatic carbocycles. The van der Waals surface area contributed by atoms with Gasteiger partial charge in [-0.05, 0) is 6.42 Å². The van der Waals surface area contributed by atoms with E-state index >= 15 is 0 Å². The van der Waals surface area contributed by atoms with Gasteiger partial charge in [0.1, 0.15) is 0 Å². The SMILES string of the molecule is CC1(C)CCCC(C)(C)[N+]1=O.F[B-](F)(F)F. The number of piperidine rings is 1. The van der Waals surface area contributed by atoms with Gasteiger partial charge in [-0.2, -0.15) is 0 Å². The predicted octanol–water partition coefficient (Wildman–Crippen LogP) is 3.81. The molecule has 7 heteroatoms. The molecule has 0 aliphatic carbocycles. The van der Waals surface area contributed by atoms with E-state index in [4.69, 9.17) is 0 Å². The predicted molar refractivity (Wildman–Crippen MR) is 55.8 cm³/mol. The lowest BCUT2D eigenvalue weighted by molar-refractivity contribution is -0.692. The van der Waals surface area contributed by atoms with Crippen LogP contribution in [0.25, 0.3) is 0 Å². The van der Waals surface area contributed by atoms with Crippen molar-refractivity contribution in [3.05, 3.63) is 4.91 Å². The summed E-state index contributed by atoms with van der Waals surface area (Å²) >= 11 is 0. The van der Waals surface area contributed by atoms with Crippen LogP contribution in [0.3, 0.4) is 0 Å². The summed E-state index contributed by atoms with van der Waals surface area (Å²) in [6, 6.07) is 0. The van der Waals surface area contributed by atoms with Crippen molar-refractivity contribution in [3.63, 3.8) is 0 Å². The van der Waals surface area contributed by atoms with Gasteiger partial charge in [0.05, 0.1) is 0 Å². The fourth-order valence-corrected chi connectivity index (χ4v) is 1.98. The fourth-order valence-electron chi connectivity index (χ4n) is 1.98. The van der Waals surface area contributed by atoms with Crippen LogP contribution >= 0.6 is 0 Å². The Bertz CT molecular complexity index is 239. The summed E-state index contributed by atoms with van der Waals surface area (Å²) in [5.41, 5.74) is -0.302. The highest BCUT2D eigenvalue weighted by Crippen LogP contribution is 2.33. The first-order chi connectivity index (χ1) is 6.86. The maximum absolute atomic E-state index is 11.7. The summed E-state index contributed by atoms with van der Waals surface area (Å²) in [6.07, 6.45) is 3.23. The highest BCUT2D eigenvalue weighted by Gasteiger charge is 2.49. The molecule has 16 heavy (non-hydrogen) atoms. The van der Waals surface area contributed by atoms with Gasteiger partial charge in [0, 0.05) is 50.2 Å². The molecule has 0 saturated carbocycles. The third-order valence-electron chi connectivity index (χ3n) is 2.68. The molecule has 0 atom stereocenters. The van der Waals surface area contributed by atoms with Crippen LogP contribution in [-0.4, -0.2) is 23.1 Å². The van der Waals surface area contributed by atoms with Crippen LogP contribution in [0, 0.1) is 4.91 Å². The van der Waals surface area contributed by atoms with E-state index in [0.717, 1.165) is 12.8 Å². The van der Waals surface area contributed by atoms with Crippen molar-refractivity contribution in [1.29, 1.82) is 0 Å². The molecule has 0 radical (unpaired) electrons. The lowest BCUT2D eigenvalue weighted by atomic mass is 9.83. The number of rotatable bonds is 0. The van der Waals surface area contributed by atoms with Gasteiger partial charge in [0.25, 0.3) is 0 Å². The van der Waals surface area contributed by atoms with Crippen molar-refractivity contribution in [2.75, 3.05) is 0 Å². The second kappa shape index (κ2) is 4.71. The van der Waals surface area contributed by atoms with Crippen molar-refractivity contribution >= 4 is 7.25 Å². The van der Waals surface area contributed by atoms with Crippen molar-refractivity contribution in [2.45, 2.75) is 58.0 Å². The van der Waals surface area contributed by atoms with Gasteiger partial charge in [-0.25, -0.2) is 0 Å². The molecule has 96 valence electrons. The molecule has 1 heterocycles. The van der Waals surface area contributed by atoms with Crippen molar-refractivity contribution < 1.29 is 22.0 Å². The zero-order valence-electron chi connectivity index (χ0n) is 10.1. The number of hydrogen-bond donors (Lipinski definition) is 0. The summed E-state index contributed by atoms with van der Waals surface area (Å²) in [6.45, 7) is 8.11. The Morgan fingerprint density at radius 1 is 0.938 bits per heavy atom. The number of hydrogen-bond acceptors (Lipinski definition) is 1. The molecule has 1 fully saturated rings. The minimum atomic E-state index is -6.00. The summed E-state index contributed by atoms with van der Waals surface area (Å²) < 4.78 is 40.3. The standard InChI is InChI=1S/C9H18NO.BF4/c1-8(2)6-5-7-9(3,4)10(8)11;2-1(3,4)5/h5-7H2,1-4H3;/q+1;-1. The lowest BCUT2D eigenvalue weighted by Crippen LogP contribution is -2.50. The first kappa shape index (κ1) is 15.4. The molecule has 2 nitrogen and oxygen atoms in total. The maximum atomic E-state index is 11.7. The molecule has 0 aromatic rings. The second-order valence-corrected chi connectivity index (χ2v) is 5.27. The third-order valence-corrected chi connectivity index (χ3v) is 2.68. The van der Waals surface area contributed by atoms with Gasteiger partial charge in [-0.3, -0.25) is 0 Å². The first-order valence-corrected chi connectivity index (χ1v) is 5.21. The second-order valence-electron chi connectivity index (χ2n) is 5.27. The molecule has 1 saturated heterocycles. The van der Waals surface area contributed by atoms with E-state index in [1.807, 2.05) is 27.7 Å². The van der Waals surface area contributed by atoms with E-state index in [-0.39, 0.29) is 11.1 Å². The largest absolute Gasteiger partial charge is 0.673 e. The molecule has 0 N–H and O–H groups in total. The summed E-state index contributed by atoms with van der Waals surface area (Å²) in [5, 5.41) is 0. The van der Waals surface area contributed by atoms with Crippen LogP contribution in [0.4, 0.5) is 17.3 Å². The van der Waals surface area contributed by atoms with E-state index in [0.29, 0.717) is 0 Å². The van der Waals surface area contributed by atoms with E-state index in [1.165, 1.54) is 11.2 Å². The van der Waals surface area contributed by atoms with E-state index in [1.54, 1.807) is 0 Å². The highest BCUT2D eigenvalue weighted by atomic mass is 19.5. The number of nitroso groups, excluding NO2 is 1. The minimum Gasteiger partial charge on any atom is -0.418 e. The Labute approximate surface area is 93.1 Å². The summed E-state index contributed by atoms with van der Waals surface area (Å²) in [5.74, 6) is 0. The average molecular weight is 243 g/mol. The highest BCUT2D eigenvalue weighted by molar-refractivity contribution is 6.50. The molecule has 0 aromatic heterocycles. The van der Waals surface area contributed by atoms with Crippen molar-refractivity contribution in [1.82, 2.24) is 0 Å². The van der Waals surface area contributed by atoms with Crippen LogP contribution in [0.15, 0.2) is 0 Å². The van der Waals surface area contributed by atoms with Gasteiger partial charge in [0.15, 0.2) is 0 Å². The third kappa shape index (κ3) is 5.46. The van der Waals surface area contributed by atoms with Gasteiger partial charge >= 0.3 is 7.25 Å². The summed E-state index contributed by atoms with van der Waals surface area (Å²) in [4.78, 5) is 11.7. The topological polar surface area (TPSA) is 20.1 Å². The van der Waals surface area contributed by atoms with Gasteiger partial charge < -0.3 is 17.3 Å². The Hall–Kier alpha value is -0.615. The molecule has 1 aliphatic heterocycles. The van der Waals surface area contributed by atoms with Crippen LogP contribution < -0.4 is 0 Å². The molecular formula is C9H18BF4NO. The Balaban J connectivity index is 0.000000385. The zero-order valence-corrected chi connectivity index (χ0v) is 10.1. The molecule has 0 bridgehead atoms. The minimum absolute atomic E-state index is 0.151. The van der Waals surface area contributed by atoms with Crippen LogP contribution in [0.2, 0.25) is 0 Å². The molecule has 0 amide bonds. The van der Waals surface area contributed by atoms with E-state index < -0.39 is 7.25 Å². The maximum Gasteiger partial charge on any atom is 0.673 e. The molecule has 0 spiro atoms. The van der Waals surface area contributed by atoms with E-state index in [9.17, 15) is 22.2 Å². The smallest absolute Gasteiger partial charge is 0.418 e. The van der Waals surface area contributed by atoms with E-state index in [2.05, 4.69) is 0 Å².